The Morgan fingerprint density at radius 2 is 1.82 bits per heavy atom. The quantitative estimate of drug-likeness (QED) is 0.738. The molecule has 0 heterocycles. The van der Waals surface area contributed by atoms with Gasteiger partial charge in [-0.1, -0.05) is 40.5 Å². The summed E-state index contributed by atoms with van der Waals surface area (Å²) in [7, 11) is 2.15. The number of hydrogen-bond acceptors (Lipinski definition) is 1. The molecule has 0 aromatic carbocycles. The van der Waals surface area contributed by atoms with Crippen molar-refractivity contribution in [2.24, 2.45) is 17.3 Å². The first-order valence-corrected chi connectivity index (χ1v) is 7.63. The molecule has 17 heavy (non-hydrogen) atoms. The third-order valence-electron chi connectivity index (χ3n) is 4.42. The maximum absolute atomic E-state index is 3.55. The first-order chi connectivity index (χ1) is 7.96. The smallest absolute Gasteiger partial charge is 0.00925 e. The van der Waals surface area contributed by atoms with E-state index in [2.05, 4.69) is 40.1 Å². The predicted molar refractivity (Wildman–Crippen MR) is 77.3 cm³/mol. The average molecular weight is 239 g/mol. The molecule has 1 N–H and O–H groups in total. The second-order valence-corrected chi connectivity index (χ2v) is 7.22. The fraction of sp³-hybridized carbons (Fsp3) is 1.00. The van der Waals surface area contributed by atoms with Crippen LogP contribution in [0.15, 0.2) is 0 Å². The fourth-order valence-corrected chi connectivity index (χ4v) is 3.35. The van der Waals surface area contributed by atoms with Crippen molar-refractivity contribution in [3.05, 3.63) is 0 Å². The molecule has 0 spiro atoms. The second kappa shape index (κ2) is 6.78. The summed E-state index contributed by atoms with van der Waals surface area (Å²) < 4.78 is 0. The van der Waals surface area contributed by atoms with Gasteiger partial charge >= 0.3 is 0 Å². The van der Waals surface area contributed by atoms with E-state index in [1.807, 2.05) is 0 Å². The van der Waals surface area contributed by atoms with Gasteiger partial charge in [-0.25, -0.2) is 0 Å². The van der Waals surface area contributed by atoms with Crippen molar-refractivity contribution in [1.29, 1.82) is 0 Å². The van der Waals surface area contributed by atoms with Crippen molar-refractivity contribution < 1.29 is 0 Å². The van der Waals surface area contributed by atoms with Crippen LogP contribution in [0.2, 0.25) is 0 Å². The summed E-state index contributed by atoms with van der Waals surface area (Å²) in [5, 5.41) is 3.55. The standard InChI is InChI=1S/C16H33N/c1-6-7-13-8-9-15(17-5)14(12-13)10-11-16(2,3)4/h13-15,17H,6-12H2,1-5H3. The monoisotopic (exact) mass is 239 g/mol. The Morgan fingerprint density at radius 3 is 2.35 bits per heavy atom. The molecule has 0 aromatic rings. The molecule has 1 heteroatoms. The van der Waals surface area contributed by atoms with Crippen LogP contribution in [-0.2, 0) is 0 Å². The zero-order valence-electron chi connectivity index (χ0n) is 12.7. The van der Waals surface area contributed by atoms with Crippen LogP contribution in [0, 0.1) is 17.3 Å². The summed E-state index contributed by atoms with van der Waals surface area (Å²) in [6.07, 6.45) is 9.91. The topological polar surface area (TPSA) is 12.0 Å². The van der Waals surface area contributed by atoms with Crippen LogP contribution in [0.25, 0.3) is 0 Å². The highest BCUT2D eigenvalue weighted by Crippen LogP contribution is 2.36. The van der Waals surface area contributed by atoms with E-state index in [1.165, 1.54) is 44.9 Å². The van der Waals surface area contributed by atoms with Crippen molar-refractivity contribution in [2.45, 2.75) is 78.7 Å². The first kappa shape index (κ1) is 15.0. The minimum atomic E-state index is 0.496. The molecule has 1 aliphatic rings. The van der Waals surface area contributed by atoms with Crippen molar-refractivity contribution in [3.63, 3.8) is 0 Å². The van der Waals surface area contributed by atoms with E-state index in [4.69, 9.17) is 0 Å². The van der Waals surface area contributed by atoms with Gasteiger partial charge in [0.05, 0.1) is 0 Å². The van der Waals surface area contributed by atoms with Gasteiger partial charge in [0.2, 0.25) is 0 Å². The molecule has 1 saturated carbocycles. The maximum Gasteiger partial charge on any atom is 0.00925 e. The summed E-state index contributed by atoms with van der Waals surface area (Å²) in [6, 6.07) is 0.783. The van der Waals surface area contributed by atoms with Gasteiger partial charge in [0.1, 0.15) is 0 Å². The van der Waals surface area contributed by atoms with E-state index < -0.39 is 0 Å². The van der Waals surface area contributed by atoms with Crippen LogP contribution >= 0.6 is 0 Å². The third-order valence-corrected chi connectivity index (χ3v) is 4.42. The normalized spacial score (nSPS) is 30.5. The molecule has 0 saturated heterocycles. The lowest BCUT2D eigenvalue weighted by molar-refractivity contribution is 0.174. The van der Waals surface area contributed by atoms with Crippen LogP contribution in [0.5, 0.6) is 0 Å². The van der Waals surface area contributed by atoms with E-state index in [-0.39, 0.29) is 0 Å². The number of rotatable bonds is 5. The van der Waals surface area contributed by atoms with E-state index in [0.29, 0.717) is 5.41 Å². The Balaban J connectivity index is 2.45. The highest BCUT2D eigenvalue weighted by atomic mass is 14.9. The van der Waals surface area contributed by atoms with Gasteiger partial charge in [-0.2, -0.15) is 0 Å². The molecular weight excluding hydrogens is 206 g/mol. The highest BCUT2D eigenvalue weighted by molar-refractivity contribution is 4.84. The Hall–Kier alpha value is -0.0400. The molecule has 1 rings (SSSR count). The molecule has 0 bridgehead atoms. The summed E-state index contributed by atoms with van der Waals surface area (Å²) in [4.78, 5) is 0. The van der Waals surface area contributed by atoms with Gasteiger partial charge in [0.15, 0.2) is 0 Å². The van der Waals surface area contributed by atoms with E-state index in [9.17, 15) is 0 Å². The van der Waals surface area contributed by atoms with Crippen molar-refractivity contribution in [3.8, 4) is 0 Å². The molecule has 1 fully saturated rings. The average Bonchev–Trinajstić information content (AvgIpc) is 2.26. The lowest BCUT2D eigenvalue weighted by Gasteiger charge is -2.37. The zero-order chi connectivity index (χ0) is 12.9. The van der Waals surface area contributed by atoms with Crippen molar-refractivity contribution in [2.75, 3.05) is 7.05 Å². The molecule has 0 radical (unpaired) electrons. The van der Waals surface area contributed by atoms with Gasteiger partial charge in [0.25, 0.3) is 0 Å². The Kier molecular flexibility index (Phi) is 5.99. The largest absolute Gasteiger partial charge is 0.317 e. The number of hydrogen-bond donors (Lipinski definition) is 1. The Bertz CT molecular complexity index is 204. The van der Waals surface area contributed by atoms with Crippen LogP contribution in [-0.4, -0.2) is 13.1 Å². The molecule has 0 aliphatic heterocycles. The number of nitrogens with one attached hydrogen (secondary N) is 1. The van der Waals surface area contributed by atoms with Gasteiger partial charge in [-0.3, -0.25) is 0 Å². The van der Waals surface area contributed by atoms with Crippen LogP contribution in [0.4, 0.5) is 0 Å². The van der Waals surface area contributed by atoms with E-state index in [0.717, 1.165) is 17.9 Å². The predicted octanol–water partition coefficient (Wildman–Crippen LogP) is 4.62. The van der Waals surface area contributed by atoms with Crippen molar-refractivity contribution >= 4 is 0 Å². The molecular formula is C16H33N. The highest BCUT2D eigenvalue weighted by Gasteiger charge is 2.29. The molecule has 102 valence electrons. The SMILES string of the molecule is CCCC1CCC(NC)C(CCC(C)(C)C)C1. The molecule has 1 aliphatic carbocycles. The molecule has 3 atom stereocenters. The summed E-state index contributed by atoms with van der Waals surface area (Å²) in [5.41, 5.74) is 0.496. The van der Waals surface area contributed by atoms with E-state index in [1.54, 1.807) is 0 Å². The Labute approximate surface area is 109 Å². The zero-order valence-corrected chi connectivity index (χ0v) is 12.7. The van der Waals surface area contributed by atoms with Gasteiger partial charge in [-0.05, 0) is 56.4 Å². The van der Waals surface area contributed by atoms with Gasteiger partial charge < -0.3 is 5.32 Å². The molecule has 1 nitrogen and oxygen atoms in total. The minimum absolute atomic E-state index is 0.496. The lowest BCUT2D eigenvalue weighted by Crippen LogP contribution is -2.39. The summed E-state index contributed by atoms with van der Waals surface area (Å²) >= 11 is 0. The van der Waals surface area contributed by atoms with Crippen molar-refractivity contribution in [1.82, 2.24) is 5.32 Å². The summed E-state index contributed by atoms with van der Waals surface area (Å²) in [5.74, 6) is 1.93. The van der Waals surface area contributed by atoms with E-state index >= 15 is 0 Å². The fourth-order valence-electron chi connectivity index (χ4n) is 3.35. The van der Waals surface area contributed by atoms with Crippen LogP contribution in [0.3, 0.4) is 0 Å². The minimum Gasteiger partial charge on any atom is -0.317 e. The molecule has 0 amide bonds. The first-order valence-electron chi connectivity index (χ1n) is 7.63. The maximum atomic E-state index is 3.55. The Morgan fingerprint density at radius 1 is 1.12 bits per heavy atom. The summed E-state index contributed by atoms with van der Waals surface area (Å²) in [6.45, 7) is 9.43. The van der Waals surface area contributed by atoms with Gasteiger partial charge in [0, 0.05) is 6.04 Å². The van der Waals surface area contributed by atoms with Gasteiger partial charge in [-0.15, -0.1) is 0 Å². The second-order valence-electron chi connectivity index (χ2n) is 7.22. The molecule has 0 aromatic heterocycles. The van der Waals surface area contributed by atoms with Crippen LogP contribution < -0.4 is 5.32 Å². The lowest BCUT2D eigenvalue weighted by atomic mass is 9.73. The third kappa shape index (κ3) is 5.42. The molecule has 3 unspecified atom stereocenters. The van der Waals surface area contributed by atoms with Crippen LogP contribution in [0.1, 0.15) is 72.6 Å².